The van der Waals surface area contributed by atoms with Gasteiger partial charge in [0.1, 0.15) is 11.5 Å². The molecule has 0 aliphatic carbocycles. The highest BCUT2D eigenvalue weighted by molar-refractivity contribution is 5.85. The van der Waals surface area contributed by atoms with Crippen molar-refractivity contribution in [3.63, 3.8) is 0 Å². The van der Waals surface area contributed by atoms with Crippen LogP contribution in [0.5, 0.6) is 11.5 Å². The number of rotatable bonds is 3. The Morgan fingerprint density at radius 3 is 2.60 bits per heavy atom. The first-order chi connectivity index (χ1) is 6.56. The number of benzene rings is 1. The highest BCUT2D eigenvalue weighted by Gasteiger charge is 2.16. The molecular formula is C10H14ClNO3. The van der Waals surface area contributed by atoms with E-state index < -0.39 is 11.8 Å². The minimum absolute atomic E-state index is 0. The van der Waals surface area contributed by atoms with Crippen molar-refractivity contribution in [2.24, 2.45) is 5.73 Å². The van der Waals surface area contributed by atoms with E-state index in [1.165, 1.54) is 13.2 Å². The molecule has 0 bridgehead atoms. The second kappa shape index (κ2) is 5.46. The molecule has 5 heteroatoms. The van der Waals surface area contributed by atoms with Crippen LogP contribution in [0, 0.1) is 0 Å². The van der Waals surface area contributed by atoms with E-state index in [4.69, 9.17) is 10.5 Å². The van der Waals surface area contributed by atoms with Crippen LogP contribution in [0.4, 0.5) is 0 Å². The van der Waals surface area contributed by atoms with E-state index in [9.17, 15) is 9.90 Å². The molecule has 0 radical (unpaired) electrons. The number of phenols is 1. The summed E-state index contributed by atoms with van der Waals surface area (Å²) in [4.78, 5) is 10.9. The van der Waals surface area contributed by atoms with Crippen molar-refractivity contribution in [2.75, 3.05) is 7.11 Å². The Labute approximate surface area is 94.5 Å². The first kappa shape index (κ1) is 13.6. The van der Waals surface area contributed by atoms with Crippen LogP contribution in [0.2, 0.25) is 0 Å². The number of amides is 1. The van der Waals surface area contributed by atoms with Gasteiger partial charge >= 0.3 is 0 Å². The van der Waals surface area contributed by atoms with Gasteiger partial charge in [-0.2, -0.15) is 0 Å². The van der Waals surface area contributed by atoms with Gasteiger partial charge < -0.3 is 15.6 Å². The highest BCUT2D eigenvalue weighted by Crippen LogP contribution is 2.29. The molecule has 0 fully saturated rings. The zero-order valence-corrected chi connectivity index (χ0v) is 9.38. The third kappa shape index (κ3) is 3.02. The van der Waals surface area contributed by atoms with Crippen LogP contribution >= 0.6 is 12.4 Å². The van der Waals surface area contributed by atoms with Crippen molar-refractivity contribution >= 4 is 18.3 Å². The van der Waals surface area contributed by atoms with Crippen molar-refractivity contribution in [3.8, 4) is 11.5 Å². The van der Waals surface area contributed by atoms with Crippen molar-refractivity contribution in [1.29, 1.82) is 0 Å². The lowest BCUT2D eigenvalue weighted by Crippen LogP contribution is -2.18. The Bertz CT molecular complexity index is 355. The lowest BCUT2D eigenvalue weighted by molar-refractivity contribution is -0.119. The van der Waals surface area contributed by atoms with Gasteiger partial charge in [0.25, 0.3) is 0 Å². The lowest BCUT2D eigenvalue weighted by Gasteiger charge is -2.11. The van der Waals surface area contributed by atoms with Crippen molar-refractivity contribution in [2.45, 2.75) is 12.8 Å². The first-order valence-electron chi connectivity index (χ1n) is 4.22. The second-order valence-electron chi connectivity index (χ2n) is 3.05. The predicted molar refractivity (Wildman–Crippen MR) is 59.5 cm³/mol. The Morgan fingerprint density at radius 2 is 2.13 bits per heavy atom. The molecule has 0 saturated heterocycles. The fourth-order valence-corrected chi connectivity index (χ4v) is 1.16. The Balaban J connectivity index is 0.00000196. The number of halogens is 1. The van der Waals surface area contributed by atoms with E-state index in [2.05, 4.69) is 0 Å². The van der Waals surface area contributed by atoms with Gasteiger partial charge in [-0.05, 0) is 25.1 Å². The van der Waals surface area contributed by atoms with E-state index in [0.29, 0.717) is 11.3 Å². The lowest BCUT2D eigenvalue weighted by atomic mass is 9.99. The third-order valence-electron chi connectivity index (χ3n) is 2.13. The maximum Gasteiger partial charge on any atom is 0.224 e. The molecule has 84 valence electrons. The van der Waals surface area contributed by atoms with Crippen LogP contribution in [0.25, 0.3) is 0 Å². The van der Waals surface area contributed by atoms with Crippen LogP contribution in [0.15, 0.2) is 18.2 Å². The quantitative estimate of drug-likeness (QED) is 0.826. The number of hydrogen-bond donors (Lipinski definition) is 2. The summed E-state index contributed by atoms with van der Waals surface area (Å²) in [6.45, 7) is 1.64. The molecule has 0 aliphatic rings. The average Bonchev–Trinajstić information content (AvgIpc) is 2.17. The average molecular weight is 232 g/mol. The van der Waals surface area contributed by atoms with Gasteiger partial charge in [0, 0.05) is 5.56 Å². The predicted octanol–water partition coefficient (Wildman–Crippen LogP) is 1.41. The summed E-state index contributed by atoms with van der Waals surface area (Å²) < 4.78 is 4.98. The van der Waals surface area contributed by atoms with Gasteiger partial charge in [-0.3, -0.25) is 4.79 Å². The Hall–Kier alpha value is -1.42. The highest BCUT2D eigenvalue weighted by atomic mass is 35.5. The fraction of sp³-hybridized carbons (Fsp3) is 0.300. The summed E-state index contributed by atoms with van der Waals surface area (Å²) >= 11 is 0. The summed E-state index contributed by atoms with van der Waals surface area (Å²) in [5.74, 6) is -0.360. The number of carbonyl (C=O) groups is 1. The smallest absolute Gasteiger partial charge is 0.224 e. The number of phenolic OH excluding ortho intramolecular Hbond substituents is 1. The first-order valence-corrected chi connectivity index (χ1v) is 4.22. The van der Waals surface area contributed by atoms with E-state index >= 15 is 0 Å². The number of ether oxygens (including phenoxy) is 1. The van der Waals surface area contributed by atoms with E-state index in [1.807, 2.05) is 0 Å². The third-order valence-corrected chi connectivity index (χ3v) is 2.13. The fourth-order valence-electron chi connectivity index (χ4n) is 1.16. The summed E-state index contributed by atoms with van der Waals surface area (Å²) in [5.41, 5.74) is 5.62. The number of carbonyl (C=O) groups excluding carboxylic acids is 1. The number of nitrogens with two attached hydrogens (primary N) is 1. The molecule has 1 aromatic rings. The maximum atomic E-state index is 10.9. The summed E-state index contributed by atoms with van der Waals surface area (Å²) in [6, 6.07) is 4.70. The van der Waals surface area contributed by atoms with Crippen LogP contribution in [-0.2, 0) is 4.79 Å². The molecule has 0 spiro atoms. The van der Waals surface area contributed by atoms with Crippen molar-refractivity contribution in [3.05, 3.63) is 23.8 Å². The molecule has 0 heterocycles. The number of hydrogen-bond acceptors (Lipinski definition) is 3. The molecule has 15 heavy (non-hydrogen) atoms. The van der Waals surface area contributed by atoms with Gasteiger partial charge in [-0.1, -0.05) is 0 Å². The van der Waals surface area contributed by atoms with Gasteiger partial charge in [0.15, 0.2) is 0 Å². The van der Waals surface area contributed by atoms with Crippen LogP contribution in [0.1, 0.15) is 18.4 Å². The molecule has 1 atom stereocenters. The van der Waals surface area contributed by atoms with E-state index in [0.717, 1.165) is 0 Å². The maximum absolute atomic E-state index is 10.9. The molecular weight excluding hydrogens is 218 g/mol. The SMILES string of the molecule is COc1ccc(O)c(C(C)C(N)=O)c1.Cl. The van der Waals surface area contributed by atoms with Crippen molar-refractivity contribution < 1.29 is 14.6 Å². The monoisotopic (exact) mass is 231 g/mol. The normalized spacial score (nSPS) is 11.3. The van der Waals surface area contributed by atoms with Crippen LogP contribution < -0.4 is 10.5 Å². The van der Waals surface area contributed by atoms with E-state index in [1.54, 1.807) is 19.1 Å². The minimum atomic E-state index is -0.523. The molecule has 0 saturated carbocycles. The van der Waals surface area contributed by atoms with Gasteiger partial charge in [-0.25, -0.2) is 0 Å². The molecule has 1 amide bonds. The standard InChI is InChI=1S/C10H13NO3.ClH/c1-6(10(11)13)8-5-7(14-2)3-4-9(8)12;/h3-6,12H,1-2H3,(H2,11,13);1H. The molecule has 1 aromatic carbocycles. The number of primary amides is 1. The van der Waals surface area contributed by atoms with Crippen LogP contribution in [0.3, 0.4) is 0 Å². The largest absolute Gasteiger partial charge is 0.508 e. The number of methoxy groups -OCH3 is 1. The van der Waals surface area contributed by atoms with Crippen LogP contribution in [-0.4, -0.2) is 18.1 Å². The van der Waals surface area contributed by atoms with Gasteiger partial charge in [-0.15, -0.1) is 12.4 Å². The molecule has 3 N–H and O–H groups in total. The van der Waals surface area contributed by atoms with Gasteiger partial charge in [0.05, 0.1) is 13.0 Å². The van der Waals surface area contributed by atoms with Gasteiger partial charge in [0.2, 0.25) is 5.91 Å². The summed E-state index contributed by atoms with van der Waals surface area (Å²) in [5, 5.41) is 9.49. The van der Waals surface area contributed by atoms with Crippen molar-refractivity contribution in [1.82, 2.24) is 0 Å². The molecule has 0 aromatic heterocycles. The zero-order valence-electron chi connectivity index (χ0n) is 8.56. The molecule has 4 nitrogen and oxygen atoms in total. The Kier molecular flexibility index (Phi) is 4.94. The summed E-state index contributed by atoms with van der Waals surface area (Å²) in [7, 11) is 1.52. The van der Waals surface area contributed by atoms with E-state index in [-0.39, 0.29) is 18.2 Å². The zero-order chi connectivity index (χ0) is 10.7. The molecule has 0 aliphatic heterocycles. The summed E-state index contributed by atoms with van der Waals surface area (Å²) in [6.07, 6.45) is 0. The minimum Gasteiger partial charge on any atom is -0.508 e. The molecule has 1 unspecified atom stereocenters. The number of aromatic hydroxyl groups is 1. The Morgan fingerprint density at radius 1 is 1.53 bits per heavy atom. The molecule has 1 rings (SSSR count). The second-order valence-corrected chi connectivity index (χ2v) is 3.05. The topological polar surface area (TPSA) is 72.6 Å².